The fourth-order valence-electron chi connectivity index (χ4n) is 1.85. The summed E-state index contributed by atoms with van der Waals surface area (Å²) in [6.07, 6.45) is 1.01. The molecule has 2 aromatic rings. The fourth-order valence-corrected chi connectivity index (χ4v) is 2.74. The number of rotatable bonds is 6. The Labute approximate surface area is 118 Å². The topological polar surface area (TPSA) is 44.5 Å². The van der Waals surface area contributed by atoms with Crippen molar-refractivity contribution in [1.82, 2.24) is 0 Å². The summed E-state index contributed by atoms with van der Waals surface area (Å²) in [5.41, 5.74) is 7.34. The standard InChI is InChI=1S/C15H19NO2S/c1-3-9-18-12-6-4-11(5-7-12)14(16)15-13(17-2)8-10-19-15/h4-8,10,14H,3,9,16H2,1-2H3. The van der Waals surface area contributed by atoms with Crippen LogP contribution in [0.3, 0.4) is 0 Å². The molecule has 0 radical (unpaired) electrons. The van der Waals surface area contributed by atoms with Crippen molar-refractivity contribution in [2.75, 3.05) is 13.7 Å². The monoisotopic (exact) mass is 277 g/mol. The van der Waals surface area contributed by atoms with Crippen molar-refractivity contribution in [1.29, 1.82) is 0 Å². The Morgan fingerprint density at radius 3 is 2.58 bits per heavy atom. The van der Waals surface area contributed by atoms with Crippen LogP contribution in [-0.4, -0.2) is 13.7 Å². The van der Waals surface area contributed by atoms with E-state index in [0.717, 1.165) is 35.0 Å². The molecule has 19 heavy (non-hydrogen) atoms. The molecule has 102 valence electrons. The van der Waals surface area contributed by atoms with E-state index in [0.29, 0.717) is 0 Å². The summed E-state index contributed by atoms with van der Waals surface area (Å²) in [6, 6.07) is 9.73. The second-order valence-electron chi connectivity index (χ2n) is 4.25. The maximum Gasteiger partial charge on any atom is 0.134 e. The Bertz CT molecular complexity index is 507. The Kier molecular flexibility index (Phi) is 4.82. The first-order valence-electron chi connectivity index (χ1n) is 6.36. The molecule has 1 aromatic carbocycles. The van der Waals surface area contributed by atoms with E-state index in [1.54, 1.807) is 18.4 Å². The summed E-state index contributed by atoms with van der Waals surface area (Å²) in [7, 11) is 1.67. The van der Waals surface area contributed by atoms with Crippen LogP contribution in [0.15, 0.2) is 35.7 Å². The van der Waals surface area contributed by atoms with Crippen molar-refractivity contribution in [3.8, 4) is 11.5 Å². The molecule has 2 N–H and O–H groups in total. The SMILES string of the molecule is CCCOc1ccc(C(N)c2sccc2OC)cc1. The van der Waals surface area contributed by atoms with E-state index >= 15 is 0 Å². The van der Waals surface area contributed by atoms with Gasteiger partial charge in [0.05, 0.1) is 24.6 Å². The van der Waals surface area contributed by atoms with Gasteiger partial charge in [-0.25, -0.2) is 0 Å². The molecule has 2 rings (SSSR count). The highest BCUT2D eigenvalue weighted by Crippen LogP contribution is 2.33. The zero-order chi connectivity index (χ0) is 13.7. The van der Waals surface area contributed by atoms with Crippen molar-refractivity contribution in [2.45, 2.75) is 19.4 Å². The largest absolute Gasteiger partial charge is 0.496 e. The minimum atomic E-state index is -0.157. The predicted octanol–water partition coefficient (Wildman–Crippen LogP) is 3.59. The van der Waals surface area contributed by atoms with Gasteiger partial charge in [0.15, 0.2) is 0 Å². The molecule has 0 saturated heterocycles. The van der Waals surface area contributed by atoms with E-state index in [2.05, 4.69) is 6.92 Å². The van der Waals surface area contributed by atoms with Crippen LogP contribution in [0.25, 0.3) is 0 Å². The molecule has 0 aliphatic rings. The Balaban J connectivity index is 2.13. The van der Waals surface area contributed by atoms with Gasteiger partial charge < -0.3 is 15.2 Å². The number of benzene rings is 1. The van der Waals surface area contributed by atoms with Gasteiger partial charge >= 0.3 is 0 Å². The van der Waals surface area contributed by atoms with Gasteiger partial charge in [0.25, 0.3) is 0 Å². The molecule has 0 fully saturated rings. The third kappa shape index (κ3) is 3.28. The minimum absolute atomic E-state index is 0.157. The van der Waals surface area contributed by atoms with Crippen molar-refractivity contribution in [2.24, 2.45) is 5.73 Å². The molecule has 1 aromatic heterocycles. The van der Waals surface area contributed by atoms with E-state index in [1.807, 2.05) is 35.7 Å². The molecule has 0 aliphatic carbocycles. The number of hydrogen-bond donors (Lipinski definition) is 1. The van der Waals surface area contributed by atoms with Crippen LogP contribution in [0.4, 0.5) is 0 Å². The maximum absolute atomic E-state index is 6.28. The van der Waals surface area contributed by atoms with Crippen LogP contribution in [0, 0.1) is 0 Å². The smallest absolute Gasteiger partial charge is 0.134 e. The van der Waals surface area contributed by atoms with E-state index in [1.165, 1.54) is 0 Å². The molecular weight excluding hydrogens is 258 g/mol. The molecule has 1 unspecified atom stereocenters. The Morgan fingerprint density at radius 2 is 1.95 bits per heavy atom. The lowest BCUT2D eigenvalue weighted by Gasteiger charge is -2.13. The van der Waals surface area contributed by atoms with Crippen LogP contribution in [0.1, 0.15) is 29.8 Å². The highest BCUT2D eigenvalue weighted by molar-refractivity contribution is 7.10. The zero-order valence-electron chi connectivity index (χ0n) is 11.3. The molecule has 0 amide bonds. The maximum atomic E-state index is 6.28. The minimum Gasteiger partial charge on any atom is -0.496 e. The van der Waals surface area contributed by atoms with Crippen molar-refractivity contribution < 1.29 is 9.47 Å². The lowest BCUT2D eigenvalue weighted by molar-refractivity contribution is 0.317. The first-order valence-corrected chi connectivity index (χ1v) is 7.24. The van der Waals surface area contributed by atoms with Gasteiger partial charge in [-0.3, -0.25) is 0 Å². The van der Waals surface area contributed by atoms with Crippen molar-refractivity contribution >= 4 is 11.3 Å². The van der Waals surface area contributed by atoms with Crippen molar-refractivity contribution in [3.63, 3.8) is 0 Å². The van der Waals surface area contributed by atoms with Crippen LogP contribution < -0.4 is 15.2 Å². The number of hydrogen-bond acceptors (Lipinski definition) is 4. The summed E-state index contributed by atoms with van der Waals surface area (Å²) in [4.78, 5) is 1.05. The van der Waals surface area contributed by atoms with Gasteiger partial charge in [0.2, 0.25) is 0 Å². The van der Waals surface area contributed by atoms with Gasteiger partial charge in [-0.05, 0) is 35.6 Å². The van der Waals surface area contributed by atoms with Crippen LogP contribution in [0.5, 0.6) is 11.5 Å². The summed E-state index contributed by atoms with van der Waals surface area (Å²) in [6.45, 7) is 2.83. The Hall–Kier alpha value is -1.52. The van der Waals surface area contributed by atoms with E-state index < -0.39 is 0 Å². The summed E-state index contributed by atoms with van der Waals surface area (Å²) in [5.74, 6) is 1.74. The highest BCUT2D eigenvalue weighted by atomic mass is 32.1. The van der Waals surface area contributed by atoms with Gasteiger partial charge in [-0.2, -0.15) is 0 Å². The lowest BCUT2D eigenvalue weighted by Crippen LogP contribution is -2.11. The molecule has 0 spiro atoms. The first kappa shape index (κ1) is 13.9. The van der Waals surface area contributed by atoms with Gasteiger partial charge in [-0.1, -0.05) is 19.1 Å². The normalized spacial score (nSPS) is 12.2. The molecule has 0 saturated carbocycles. The Morgan fingerprint density at radius 1 is 1.21 bits per heavy atom. The first-order chi connectivity index (χ1) is 9.26. The fraction of sp³-hybridized carbons (Fsp3) is 0.333. The van der Waals surface area contributed by atoms with Gasteiger partial charge in [0, 0.05) is 0 Å². The second-order valence-corrected chi connectivity index (χ2v) is 5.20. The van der Waals surface area contributed by atoms with Crippen LogP contribution in [0.2, 0.25) is 0 Å². The summed E-state index contributed by atoms with van der Waals surface area (Å²) in [5, 5.41) is 1.99. The third-order valence-electron chi connectivity index (χ3n) is 2.87. The van der Waals surface area contributed by atoms with Gasteiger partial charge in [0.1, 0.15) is 11.5 Å². The molecule has 0 bridgehead atoms. The quantitative estimate of drug-likeness (QED) is 0.877. The number of methoxy groups -OCH3 is 1. The van der Waals surface area contributed by atoms with Crippen molar-refractivity contribution in [3.05, 3.63) is 46.2 Å². The second kappa shape index (κ2) is 6.59. The molecule has 1 heterocycles. The molecule has 3 nitrogen and oxygen atoms in total. The number of ether oxygens (including phenoxy) is 2. The lowest BCUT2D eigenvalue weighted by atomic mass is 10.1. The number of nitrogens with two attached hydrogens (primary N) is 1. The van der Waals surface area contributed by atoms with Gasteiger partial charge in [-0.15, -0.1) is 11.3 Å². The third-order valence-corrected chi connectivity index (χ3v) is 3.85. The van der Waals surface area contributed by atoms with Crippen LogP contribution >= 0.6 is 11.3 Å². The van der Waals surface area contributed by atoms with Crippen LogP contribution in [-0.2, 0) is 0 Å². The summed E-state index contributed by atoms with van der Waals surface area (Å²) >= 11 is 1.61. The summed E-state index contributed by atoms with van der Waals surface area (Å²) < 4.78 is 10.9. The molecular formula is C15H19NO2S. The predicted molar refractivity (Wildman–Crippen MR) is 79.1 cm³/mol. The van der Waals surface area contributed by atoms with E-state index in [9.17, 15) is 0 Å². The highest BCUT2D eigenvalue weighted by Gasteiger charge is 2.15. The molecule has 1 atom stereocenters. The van der Waals surface area contributed by atoms with E-state index in [-0.39, 0.29) is 6.04 Å². The zero-order valence-corrected chi connectivity index (χ0v) is 12.1. The average molecular weight is 277 g/mol. The molecule has 4 heteroatoms. The number of thiophene rings is 1. The molecule has 0 aliphatic heterocycles. The van der Waals surface area contributed by atoms with E-state index in [4.69, 9.17) is 15.2 Å². The average Bonchev–Trinajstić information content (AvgIpc) is 2.93.